The van der Waals surface area contributed by atoms with Crippen LogP contribution in [0.4, 0.5) is 0 Å². The molecule has 0 amide bonds. The first-order valence-corrected chi connectivity index (χ1v) is 12.8. The maximum Gasteiger partial charge on any atom is 0.166 e. The zero-order chi connectivity index (χ0) is 30.0. The Morgan fingerprint density at radius 3 is 1.95 bits per heavy atom. The van der Waals surface area contributed by atoms with E-state index in [1.54, 1.807) is 0 Å². The van der Waals surface area contributed by atoms with Crippen LogP contribution in [-0.4, -0.2) is 63.3 Å². The van der Waals surface area contributed by atoms with Crippen LogP contribution in [0.25, 0.3) is 11.1 Å². The first-order chi connectivity index (χ1) is 19.9. The lowest BCUT2D eigenvalue weighted by Gasteiger charge is -2.35. The SMILES string of the molecule is Oc1cc(O)c2c(c1)O[C@H](c1ccc(O)c(O)c1-c1c(O)cc(O)c3c1O[C@H](c1ccc(O)c(O)c1)[C@@H](O)C3)[C@@H](O)C2. The summed E-state index contributed by atoms with van der Waals surface area (Å²) in [6.45, 7) is 0. The van der Waals surface area contributed by atoms with Crippen molar-refractivity contribution in [1.29, 1.82) is 0 Å². The molecule has 218 valence electrons. The van der Waals surface area contributed by atoms with Crippen LogP contribution < -0.4 is 9.47 Å². The van der Waals surface area contributed by atoms with E-state index in [9.17, 15) is 51.1 Å². The summed E-state index contributed by atoms with van der Waals surface area (Å²) in [5, 5.41) is 105. The third-order valence-electron chi connectivity index (χ3n) is 7.61. The molecule has 0 bridgehead atoms. The topological polar surface area (TPSA) is 221 Å². The molecule has 0 aromatic heterocycles. The van der Waals surface area contributed by atoms with Crippen molar-refractivity contribution in [2.24, 2.45) is 0 Å². The molecule has 2 heterocycles. The van der Waals surface area contributed by atoms with Crippen LogP contribution in [0.15, 0.2) is 48.5 Å². The van der Waals surface area contributed by atoms with Gasteiger partial charge in [-0.15, -0.1) is 0 Å². The number of aromatic hydroxyl groups is 8. The van der Waals surface area contributed by atoms with E-state index in [0.717, 1.165) is 18.2 Å². The smallest absolute Gasteiger partial charge is 0.166 e. The fourth-order valence-corrected chi connectivity index (χ4v) is 5.60. The largest absolute Gasteiger partial charge is 0.508 e. The van der Waals surface area contributed by atoms with Gasteiger partial charge in [0.2, 0.25) is 0 Å². The van der Waals surface area contributed by atoms with E-state index in [0.29, 0.717) is 0 Å². The molecule has 42 heavy (non-hydrogen) atoms. The second-order valence-electron chi connectivity index (χ2n) is 10.3. The minimum absolute atomic E-state index is 0.0600. The van der Waals surface area contributed by atoms with Gasteiger partial charge in [0.05, 0.1) is 17.8 Å². The summed E-state index contributed by atoms with van der Waals surface area (Å²) in [7, 11) is 0. The summed E-state index contributed by atoms with van der Waals surface area (Å²) in [5.41, 5.74) is 0.204. The van der Waals surface area contributed by atoms with Gasteiger partial charge in [0, 0.05) is 53.3 Å². The summed E-state index contributed by atoms with van der Waals surface area (Å²) < 4.78 is 12.1. The highest BCUT2D eigenvalue weighted by atomic mass is 16.5. The van der Waals surface area contributed by atoms with E-state index in [1.165, 1.54) is 30.3 Å². The number of hydrogen-bond donors (Lipinski definition) is 10. The summed E-state index contributed by atoms with van der Waals surface area (Å²) in [6.07, 6.45) is -5.26. The van der Waals surface area contributed by atoms with Crippen LogP contribution >= 0.6 is 0 Å². The van der Waals surface area contributed by atoms with Gasteiger partial charge >= 0.3 is 0 Å². The summed E-state index contributed by atoms with van der Waals surface area (Å²) in [4.78, 5) is 0. The van der Waals surface area contributed by atoms with Gasteiger partial charge in [-0.1, -0.05) is 12.1 Å². The second kappa shape index (κ2) is 9.72. The van der Waals surface area contributed by atoms with Crippen molar-refractivity contribution >= 4 is 0 Å². The maximum atomic E-state index is 11.1. The Morgan fingerprint density at radius 1 is 0.548 bits per heavy atom. The van der Waals surface area contributed by atoms with Crippen LogP contribution in [0.5, 0.6) is 57.5 Å². The normalized spacial score (nSPS) is 21.1. The lowest BCUT2D eigenvalue weighted by molar-refractivity contribution is 0.0188. The second-order valence-corrected chi connectivity index (χ2v) is 10.3. The van der Waals surface area contributed by atoms with Gasteiger partial charge in [-0.3, -0.25) is 0 Å². The van der Waals surface area contributed by atoms with Crippen molar-refractivity contribution in [2.45, 2.75) is 37.3 Å². The molecule has 2 aliphatic rings. The van der Waals surface area contributed by atoms with E-state index in [4.69, 9.17) is 9.47 Å². The Labute approximate surface area is 237 Å². The molecule has 0 unspecified atom stereocenters. The predicted molar refractivity (Wildman–Crippen MR) is 144 cm³/mol. The van der Waals surface area contributed by atoms with Crippen molar-refractivity contribution < 1.29 is 60.5 Å². The van der Waals surface area contributed by atoms with Crippen LogP contribution in [-0.2, 0) is 12.8 Å². The molecule has 0 saturated heterocycles. The zero-order valence-corrected chi connectivity index (χ0v) is 21.6. The van der Waals surface area contributed by atoms with Gasteiger partial charge in [-0.05, 0) is 23.8 Å². The molecule has 0 aliphatic carbocycles. The van der Waals surface area contributed by atoms with Gasteiger partial charge in [-0.25, -0.2) is 0 Å². The Bertz CT molecular complexity index is 1730. The molecule has 0 fully saturated rings. The fraction of sp³-hybridized carbons (Fsp3) is 0.200. The molecule has 0 saturated carbocycles. The minimum Gasteiger partial charge on any atom is -0.508 e. The number of benzene rings is 4. The number of ether oxygens (including phenoxy) is 2. The first kappa shape index (κ1) is 27.0. The van der Waals surface area contributed by atoms with Crippen molar-refractivity contribution in [1.82, 2.24) is 0 Å². The average Bonchev–Trinajstić information content (AvgIpc) is 2.93. The van der Waals surface area contributed by atoms with E-state index < -0.39 is 58.9 Å². The van der Waals surface area contributed by atoms with Crippen LogP contribution in [0.3, 0.4) is 0 Å². The van der Waals surface area contributed by atoms with E-state index in [2.05, 4.69) is 0 Å². The minimum atomic E-state index is -1.30. The highest BCUT2D eigenvalue weighted by molar-refractivity contribution is 5.87. The molecule has 6 rings (SSSR count). The molecule has 4 atom stereocenters. The number of hydrogen-bond acceptors (Lipinski definition) is 12. The molecule has 4 aromatic rings. The highest BCUT2D eigenvalue weighted by Gasteiger charge is 2.39. The number of rotatable bonds is 3. The number of phenols is 8. The number of aliphatic hydroxyl groups is 2. The van der Waals surface area contributed by atoms with E-state index in [-0.39, 0.29) is 69.2 Å². The molecule has 2 aliphatic heterocycles. The zero-order valence-electron chi connectivity index (χ0n) is 21.6. The summed E-state index contributed by atoms with van der Waals surface area (Å²) in [5.74, 6) is -3.88. The summed E-state index contributed by atoms with van der Waals surface area (Å²) in [6, 6.07) is 9.61. The van der Waals surface area contributed by atoms with Crippen molar-refractivity contribution in [2.75, 3.05) is 0 Å². The van der Waals surface area contributed by atoms with Gasteiger partial charge in [0.1, 0.15) is 40.6 Å². The van der Waals surface area contributed by atoms with Gasteiger partial charge < -0.3 is 60.5 Å². The molecular formula is C30H26O12. The lowest BCUT2D eigenvalue weighted by atomic mass is 9.85. The van der Waals surface area contributed by atoms with Crippen LogP contribution in [0, 0.1) is 0 Å². The van der Waals surface area contributed by atoms with Gasteiger partial charge in [0.15, 0.2) is 29.1 Å². The number of phenolic OH excluding ortho intramolecular Hbond substituents is 8. The number of fused-ring (bicyclic) bond motifs is 2. The van der Waals surface area contributed by atoms with Gasteiger partial charge in [-0.2, -0.15) is 0 Å². The van der Waals surface area contributed by atoms with Crippen molar-refractivity contribution in [3.05, 3.63) is 70.8 Å². The highest BCUT2D eigenvalue weighted by Crippen LogP contribution is 2.56. The molecule has 0 spiro atoms. The monoisotopic (exact) mass is 578 g/mol. The molecule has 12 nitrogen and oxygen atoms in total. The Hall–Kier alpha value is -5.20. The third kappa shape index (κ3) is 4.24. The van der Waals surface area contributed by atoms with Crippen molar-refractivity contribution in [3.8, 4) is 68.6 Å². The Balaban J connectivity index is 1.53. The Morgan fingerprint density at radius 2 is 1.21 bits per heavy atom. The number of aliphatic hydroxyl groups excluding tert-OH is 2. The fourth-order valence-electron chi connectivity index (χ4n) is 5.60. The predicted octanol–water partition coefficient (Wildman–Crippen LogP) is 3.07. The molecular weight excluding hydrogens is 552 g/mol. The van der Waals surface area contributed by atoms with Crippen LogP contribution in [0.2, 0.25) is 0 Å². The van der Waals surface area contributed by atoms with E-state index in [1.807, 2.05) is 0 Å². The third-order valence-corrected chi connectivity index (χ3v) is 7.61. The van der Waals surface area contributed by atoms with Crippen molar-refractivity contribution in [3.63, 3.8) is 0 Å². The first-order valence-electron chi connectivity index (χ1n) is 12.8. The summed E-state index contributed by atoms with van der Waals surface area (Å²) >= 11 is 0. The quantitative estimate of drug-likeness (QED) is 0.159. The van der Waals surface area contributed by atoms with E-state index >= 15 is 0 Å². The standard InChI is InChI=1S/C30H26O12/c31-12-6-18(34)14-8-23(39)29(41-24(14)7-12)13-2-4-17(33)27(40)25(13)26-21(37)10-19(35)15-9-22(38)28(42-30(15)26)11-1-3-16(32)20(36)5-11/h1-7,10,22-23,28-29,31-40H,8-9H2/t22-,23-,28+,29+/m0/s1. The molecule has 10 N–H and O–H groups in total. The molecule has 0 radical (unpaired) electrons. The average molecular weight is 579 g/mol. The molecule has 12 heteroatoms. The van der Waals surface area contributed by atoms with Gasteiger partial charge in [0.25, 0.3) is 0 Å². The lowest BCUT2D eigenvalue weighted by Crippen LogP contribution is -2.31. The van der Waals surface area contributed by atoms with Crippen LogP contribution in [0.1, 0.15) is 34.5 Å². The maximum absolute atomic E-state index is 11.1. The molecule has 4 aromatic carbocycles. The Kier molecular flexibility index (Phi) is 6.24.